The van der Waals surface area contributed by atoms with Crippen molar-refractivity contribution < 1.29 is 9.59 Å². The molecule has 0 aromatic heterocycles. The predicted octanol–water partition coefficient (Wildman–Crippen LogP) is 2.65. The van der Waals surface area contributed by atoms with Crippen molar-refractivity contribution in [2.24, 2.45) is 0 Å². The Balaban J connectivity index is 1.63. The number of hydrogen-bond donors (Lipinski definition) is 0. The van der Waals surface area contributed by atoms with Crippen molar-refractivity contribution in [1.82, 2.24) is 9.80 Å². The van der Waals surface area contributed by atoms with Crippen molar-refractivity contribution in [3.8, 4) is 0 Å². The molecule has 2 saturated heterocycles. The topological polar surface area (TPSA) is 43.9 Å². The standard InChI is InChI=1S/C17H21Cl2N3O2/c18-14-4-3-13(11-15(14)19)20-8-5-16(23)22(10-9-20)12-17(24)21-6-1-2-7-21/h3-4,11H,1-2,5-10,12H2. The molecule has 3 rings (SSSR count). The molecule has 2 aliphatic heterocycles. The number of anilines is 1. The van der Waals surface area contributed by atoms with E-state index in [0.29, 0.717) is 36.1 Å². The van der Waals surface area contributed by atoms with Crippen LogP contribution >= 0.6 is 23.2 Å². The number of carbonyl (C=O) groups excluding carboxylic acids is 2. The summed E-state index contributed by atoms with van der Waals surface area (Å²) in [5, 5.41) is 1.02. The Hall–Kier alpha value is -1.46. The van der Waals surface area contributed by atoms with Crippen LogP contribution in [0.3, 0.4) is 0 Å². The van der Waals surface area contributed by atoms with Gasteiger partial charge in [0.05, 0.1) is 16.6 Å². The van der Waals surface area contributed by atoms with Crippen LogP contribution in [0.15, 0.2) is 18.2 Å². The van der Waals surface area contributed by atoms with E-state index in [-0.39, 0.29) is 18.4 Å². The maximum atomic E-state index is 12.3. The molecule has 24 heavy (non-hydrogen) atoms. The summed E-state index contributed by atoms with van der Waals surface area (Å²) in [5.74, 6) is 0.0916. The van der Waals surface area contributed by atoms with Gasteiger partial charge in [-0.25, -0.2) is 0 Å². The molecule has 0 spiro atoms. The van der Waals surface area contributed by atoms with Crippen LogP contribution in [0.1, 0.15) is 19.3 Å². The highest BCUT2D eigenvalue weighted by Gasteiger charge is 2.26. The molecule has 130 valence electrons. The molecule has 1 aromatic carbocycles. The van der Waals surface area contributed by atoms with Gasteiger partial charge in [0, 0.05) is 44.8 Å². The van der Waals surface area contributed by atoms with Gasteiger partial charge in [0.25, 0.3) is 0 Å². The van der Waals surface area contributed by atoms with E-state index in [0.717, 1.165) is 31.6 Å². The first-order valence-corrected chi connectivity index (χ1v) is 9.06. The Morgan fingerprint density at radius 3 is 2.46 bits per heavy atom. The van der Waals surface area contributed by atoms with Gasteiger partial charge in [0.1, 0.15) is 0 Å². The minimum absolute atomic E-state index is 0.0325. The van der Waals surface area contributed by atoms with Crippen molar-refractivity contribution in [3.05, 3.63) is 28.2 Å². The second kappa shape index (κ2) is 7.62. The second-order valence-corrected chi connectivity index (χ2v) is 7.05. The van der Waals surface area contributed by atoms with Gasteiger partial charge in [-0.2, -0.15) is 0 Å². The van der Waals surface area contributed by atoms with Gasteiger partial charge < -0.3 is 14.7 Å². The highest BCUT2D eigenvalue weighted by molar-refractivity contribution is 6.42. The van der Waals surface area contributed by atoms with Crippen LogP contribution in [-0.4, -0.2) is 60.9 Å². The largest absolute Gasteiger partial charge is 0.369 e. The van der Waals surface area contributed by atoms with Gasteiger partial charge in [0.15, 0.2) is 0 Å². The number of nitrogens with zero attached hydrogens (tertiary/aromatic N) is 3. The molecule has 5 nitrogen and oxygen atoms in total. The zero-order valence-corrected chi connectivity index (χ0v) is 15.0. The van der Waals surface area contributed by atoms with Gasteiger partial charge in [-0.05, 0) is 31.0 Å². The van der Waals surface area contributed by atoms with Crippen LogP contribution in [0.25, 0.3) is 0 Å². The third-order valence-electron chi connectivity index (χ3n) is 4.64. The predicted molar refractivity (Wildman–Crippen MR) is 95.7 cm³/mol. The van der Waals surface area contributed by atoms with E-state index in [1.54, 1.807) is 11.0 Å². The quantitative estimate of drug-likeness (QED) is 0.822. The number of amides is 2. The van der Waals surface area contributed by atoms with Gasteiger partial charge in [-0.3, -0.25) is 9.59 Å². The first-order valence-electron chi connectivity index (χ1n) is 8.30. The third kappa shape index (κ3) is 3.95. The highest BCUT2D eigenvalue weighted by atomic mass is 35.5. The Morgan fingerprint density at radius 1 is 1.00 bits per heavy atom. The summed E-state index contributed by atoms with van der Waals surface area (Å²) in [4.78, 5) is 30.3. The first-order chi connectivity index (χ1) is 11.5. The molecule has 1 aromatic rings. The molecule has 0 radical (unpaired) electrons. The Bertz CT molecular complexity index is 632. The molecule has 0 bridgehead atoms. The number of rotatable bonds is 3. The minimum Gasteiger partial charge on any atom is -0.369 e. The number of carbonyl (C=O) groups is 2. The lowest BCUT2D eigenvalue weighted by Crippen LogP contribution is -2.42. The van der Waals surface area contributed by atoms with E-state index in [1.165, 1.54) is 0 Å². The monoisotopic (exact) mass is 369 g/mol. The van der Waals surface area contributed by atoms with Crippen LogP contribution in [0.5, 0.6) is 0 Å². The fourth-order valence-corrected chi connectivity index (χ4v) is 3.50. The van der Waals surface area contributed by atoms with Crippen molar-refractivity contribution in [3.63, 3.8) is 0 Å². The van der Waals surface area contributed by atoms with Crippen molar-refractivity contribution in [1.29, 1.82) is 0 Å². The van der Waals surface area contributed by atoms with Gasteiger partial charge in [-0.1, -0.05) is 23.2 Å². The number of halogens is 2. The van der Waals surface area contributed by atoms with Crippen LogP contribution in [0.2, 0.25) is 10.0 Å². The SMILES string of the molecule is O=C(CN1CCN(c2ccc(Cl)c(Cl)c2)CCC1=O)N1CCCC1. The molecule has 0 atom stereocenters. The number of likely N-dealkylation sites (tertiary alicyclic amines) is 1. The Morgan fingerprint density at radius 2 is 1.75 bits per heavy atom. The van der Waals surface area contributed by atoms with Crippen molar-refractivity contribution >= 4 is 40.7 Å². The second-order valence-electron chi connectivity index (χ2n) is 6.24. The van der Waals surface area contributed by atoms with E-state index in [4.69, 9.17) is 23.2 Å². The molecule has 0 aliphatic carbocycles. The summed E-state index contributed by atoms with van der Waals surface area (Å²) in [6.45, 7) is 3.65. The maximum absolute atomic E-state index is 12.3. The lowest BCUT2D eigenvalue weighted by Gasteiger charge is -2.25. The smallest absolute Gasteiger partial charge is 0.242 e. The van der Waals surface area contributed by atoms with Gasteiger partial charge in [0.2, 0.25) is 11.8 Å². The lowest BCUT2D eigenvalue weighted by atomic mass is 10.2. The van der Waals surface area contributed by atoms with E-state index >= 15 is 0 Å². The Kier molecular flexibility index (Phi) is 5.51. The van der Waals surface area contributed by atoms with E-state index in [2.05, 4.69) is 4.90 Å². The van der Waals surface area contributed by atoms with E-state index in [9.17, 15) is 9.59 Å². The maximum Gasteiger partial charge on any atom is 0.242 e. The average molecular weight is 370 g/mol. The highest BCUT2D eigenvalue weighted by Crippen LogP contribution is 2.27. The minimum atomic E-state index is 0.0325. The summed E-state index contributed by atoms with van der Waals surface area (Å²) in [7, 11) is 0. The third-order valence-corrected chi connectivity index (χ3v) is 5.38. The zero-order chi connectivity index (χ0) is 17.1. The fourth-order valence-electron chi connectivity index (χ4n) is 3.20. The molecular formula is C17H21Cl2N3O2. The molecule has 0 unspecified atom stereocenters. The molecule has 7 heteroatoms. The van der Waals surface area contributed by atoms with Gasteiger partial charge >= 0.3 is 0 Å². The average Bonchev–Trinajstić information content (AvgIpc) is 3.04. The summed E-state index contributed by atoms with van der Waals surface area (Å²) in [5.41, 5.74) is 0.949. The van der Waals surface area contributed by atoms with Crippen LogP contribution in [0.4, 0.5) is 5.69 Å². The molecular weight excluding hydrogens is 349 g/mol. The van der Waals surface area contributed by atoms with Crippen molar-refractivity contribution in [2.45, 2.75) is 19.3 Å². The van der Waals surface area contributed by atoms with Crippen LogP contribution < -0.4 is 4.90 Å². The molecule has 2 amide bonds. The van der Waals surface area contributed by atoms with Crippen LogP contribution in [0, 0.1) is 0 Å². The zero-order valence-electron chi connectivity index (χ0n) is 13.5. The fraction of sp³-hybridized carbons (Fsp3) is 0.529. The molecule has 2 aliphatic rings. The Labute approximate surface area is 152 Å². The number of hydrogen-bond acceptors (Lipinski definition) is 3. The molecule has 2 heterocycles. The molecule has 0 saturated carbocycles. The summed E-state index contributed by atoms with van der Waals surface area (Å²) < 4.78 is 0. The summed E-state index contributed by atoms with van der Waals surface area (Å²) >= 11 is 12.0. The lowest BCUT2D eigenvalue weighted by molar-refractivity contribution is -0.139. The molecule has 0 N–H and O–H groups in total. The molecule has 2 fully saturated rings. The van der Waals surface area contributed by atoms with Gasteiger partial charge in [-0.15, -0.1) is 0 Å². The first kappa shape index (κ1) is 17.4. The number of benzene rings is 1. The summed E-state index contributed by atoms with van der Waals surface area (Å²) in [6.07, 6.45) is 2.52. The van der Waals surface area contributed by atoms with E-state index < -0.39 is 0 Å². The van der Waals surface area contributed by atoms with E-state index in [1.807, 2.05) is 17.0 Å². The summed E-state index contributed by atoms with van der Waals surface area (Å²) in [6, 6.07) is 5.49. The normalized spacial score (nSPS) is 18.9. The van der Waals surface area contributed by atoms with Crippen LogP contribution in [-0.2, 0) is 9.59 Å². The van der Waals surface area contributed by atoms with Crippen molar-refractivity contribution in [2.75, 3.05) is 44.2 Å².